The molecular formula is C40H62N2O4. The lowest BCUT2D eigenvalue weighted by molar-refractivity contribution is -0.121. The summed E-state index contributed by atoms with van der Waals surface area (Å²) in [6.45, 7) is 25.7. The molecular weight excluding hydrogens is 572 g/mol. The van der Waals surface area contributed by atoms with Gasteiger partial charge in [0, 0.05) is 19.4 Å². The number of phenolic OH excluding ortho intramolecular Hbond substituents is 2. The fourth-order valence-corrected chi connectivity index (χ4v) is 5.49. The molecule has 6 nitrogen and oxygen atoms in total. The Bertz CT molecular complexity index is 1310. The summed E-state index contributed by atoms with van der Waals surface area (Å²) < 4.78 is 0. The first-order valence-corrected chi connectivity index (χ1v) is 17.0. The van der Waals surface area contributed by atoms with Crippen LogP contribution in [-0.4, -0.2) is 28.6 Å². The van der Waals surface area contributed by atoms with E-state index in [0.717, 1.165) is 52.6 Å². The van der Waals surface area contributed by atoms with E-state index in [2.05, 4.69) is 93.7 Å². The molecule has 0 aliphatic carbocycles. The first kappa shape index (κ1) is 38.9. The highest BCUT2D eigenvalue weighted by Crippen LogP contribution is 2.41. The van der Waals surface area contributed by atoms with E-state index in [4.69, 9.17) is 0 Å². The summed E-state index contributed by atoms with van der Waals surface area (Å²) in [5.74, 6) is 0.710. The third-order valence-corrected chi connectivity index (χ3v) is 8.33. The Morgan fingerprint density at radius 2 is 0.978 bits per heavy atom. The molecule has 2 amide bonds. The van der Waals surface area contributed by atoms with Crippen LogP contribution < -0.4 is 10.6 Å². The molecule has 0 saturated carbocycles. The van der Waals surface area contributed by atoms with Crippen LogP contribution in [0.3, 0.4) is 0 Å². The molecule has 4 N–H and O–H groups in total. The number of nitrogens with one attached hydrogen (secondary N) is 2. The molecule has 0 heterocycles. The Balaban J connectivity index is 1.76. The second-order valence-corrected chi connectivity index (χ2v) is 16.9. The Labute approximate surface area is 279 Å². The minimum Gasteiger partial charge on any atom is -0.507 e. The number of benzene rings is 2. The molecule has 256 valence electrons. The number of phenols is 2. The number of hydrogen-bond acceptors (Lipinski definition) is 4. The summed E-state index contributed by atoms with van der Waals surface area (Å²) in [5, 5.41) is 27.8. The van der Waals surface area contributed by atoms with Crippen molar-refractivity contribution in [1.82, 2.24) is 10.6 Å². The average Bonchev–Trinajstić information content (AvgIpc) is 2.90. The number of unbranched alkanes of at least 4 members (excludes halogenated alkanes) is 2. The highest BCUT2D eigenvalue weighted by atomic mass is 16.3. The van der Waals surface area contributed by atoms with Crippen molar-refractivity contribution in [2.24, 2.45) is 0 Å². The van der Waals surface area contributed by atoms with Crippen LogP contribution in [0.2, 0.25) is 0 Å². The van der Waals surface area contributed by atoms with Gasteiger partial charge in [0.25, 0.3) is 0 Å². The van der Waals surface area contributed by atoms with Crippen molar-refractivity contribution < 1.29 is 19.8 Å². The van der Waals surface area contributed by atoms with Gasteiger partial charge in [-0.1, -0.05) is 113 Å². The van der Waals surface area contributed by atoms with E-state index in [9.17, 15) is 19.8 Å². The minimum absolute atomic E-state index is 0.0309. The number of carbonyl (C=O) groups is 2. The second-order valence-electron chi connectivity index (χ2n) is 16.9. The van der Waals surface area contributed by atoms with Gasteiger partial charge in [-0.15, -0.1) is 0 Å². The quantitative estimate of drug-likeness (QED) is 0.175. The molecule has 0 bridgehead atoms. The topological polar surface area (TPSA) is 98.7 Å². The first-order chi connectivity index (χ1) is 21.0. The predicted octanol–water partition coefficient (Wildman–Crippen LogP) is 8.77. The van der Waals surface area contributed by atoms with Crippen LogP contribution >= 0.6 is 0 Å². The Morgan fingerprint density at radius 3 is 1.35 bits per heavy atom. The third kappa shape index (κ3) is 11.8. The van der Waals surface area contributed by atoms with Crippen LogP contribution in [0.25, 0.3) is 0 Å². The van der Waals surface area contributed by atoms with Gasteiger partial charge >= 0.3 is 0 Å². The van der Waals surface area contributed by atoms with E-state index in [1.54, 1.807) is 6.20 Å². The molecule has 2 aromatic rings. The lowest BCUT2D eigenvalue weighted by Crippen LogP contribution is -2.24. The Hall–Kier alpha value is -3.28. The van der Waals surface area contributed by atoms with E-state index >= 15 is 0 Å². The van der Waals surface area contributed by atoms with Crippen LogP contribution in [0.5, 0.6) is 11.5 Å². The van der Waals surface area contributed by atoms with Gasteiger partial charge in [-0.3, -0.25) is 9.59 Å². The largest absolute Gasteiger partial charge is 0.507 e. The summed E-state index contributed by atoms with van der Waals surface area (Å²) in [7, 11) is 0. The monoisotopic (exact) mass is 634 g/mol. The normalized spacial score (nSPS) is 12.9. The number of carbonyl (C=O) groups excluding carboxylic acids is 2. The van der Waals surface area contributed by atoms with E-state index in [1.165, 1.54) is 0 Å². The maximum atomic E-state index is 12.5. The van der Waals surface area contributed by atoms with Crippen molar-refractivity contribution in [2.75, 3.05) is 6.54 Å². The van der Waals surface area contributed by atoms with Crippen molar-refractivity contribution in [1.29, 1.82) is 0 Å². The van der Waals surface area contributed by atoms with Gasteiger partial charge in [0.1, 0.15) is 11.5 Å². The zero-order valence-electron chi connectivity index (χ0n) is 30.8. The summed E-state index contributed by atoms with van der Waals surface area (Å²) in [4.78, 5) is 25.0. The van der Waals surface area contributed by atoms with Crippen LogP contribution in [-0.2, 0) is 44.1 Å². The smallest absolute Gasteiger partial charge is 0.224 e. The molecule has 0 spiro atoms. The molecule has 0 unspecified atom stereocenters. The highest BCUT2D eigenvalue weighted by molar-refractivity contribution is 5.77. The molecule has 2 aromatic carbocycles. The van der Waals surface area contributed by atoms with Gasteiger partial charge in [0.05, 0.1) is 0 Å². The Kier molecular flexibility index (Phi) is 13.1. The number of aromatic hydroxyl groups is 2. The molecule has 6 heteroatoms. The molecule has 0 fully saturated rings. The van der Waals surface area contributed by atoms with Gasteiger partial charge in [-0.05, 0) is 93.3 Å². The number of allylic oxidation sites excluding steroid dienone is 1. The zero-order valence-corrected chi connectivity index (χ0v) is 30.8. The average molecular weight is 635 g/mol. The summed E-state index contributed by atoms with van der Waals surface area (Å²) >= 11 is 0. The van der Waals surface area contributed by atoms with Crippen molar-refractivity contribution in [2.45, 2.75) is 150 Å². The maximum absolute atomic E-state index is 12.5. The molecule has 0 aliphatic rings. The standard InChI is InChI=1S/C40H62N2O4/c1-37(2,3)29-23-27(24-30(35(29)45)38(4,5)6)17-19-33(43)41-21-15-13-14-16-22-42-34(44)20-18-28-25-31(39(7,8)9)36(46)32(26-28)40(10,11)12/h15,21,23-26,45-46H,13-14,16-20,22H2,1-12H3,(H,41,43)(H,42,44)/b21-15+. The number of hydrogen-bond donors (Lipinski definition) is 4. The van der Waals surface area contributed by atoms with Crippen LogP contribution in [0.15, 0.2) is 36.5 Å². The third-order valence-electron chi connectivity index (χ3n) is 8.33. The number of rotatable bonds is 12. The maximum Gasteiger partial charge on any atom is 0.224 e. The number of amides is 2. The van der Waals surface area contributed by atoms with Crippen LogP contribution in [0.4, 0.5) is 0 Å². The summed E-state index contributed by atoms with van der Waals surface area (Å²) in [5.41, 5.74) is 5.00. The first-order valence-electron chi connectivity index (χ1n) is 17.0. The fourth-order valence-electron chi connectivity index (χ4n) is 5.49. The highest BCUT2D eigenvalue weighted by Gasteiger charge is 2.28. The van der Waals surface area contributed by atoms with Crippen molar-refractivity contribution in [3.63, 3.8) is 0 Å². The van der Waals surface area contributed by atoms with Crippen molar-refractivity contribution >= 4 is 11.8 Å². The van der Waals surface area contributed by atoms with Gasteiger partial charge in [-0.25, -0.2) is 0 Å². The minimum atomic E-state index is -0.200. The molecule has 46 heavy (non-hydrogen) atoms. The second kappa shape index (κ2) is 15.5. The van der Waals surface area contributed by atoms with E-state index in [-0.39, 0.29) is 33.5 Å². The summed E-state index contributed by atoms with van der Waals surface area (Å²) in [6.07, 6.45) is 8.27. The molecule has 2 rings (SSSR count). The van der Waals surface area contributed by atoms with Gasteiger partial charge in [0.2, 0.25) is 11.8 Å². The van der Waals surface area contributed by atoms with E-state index in [1.807, 2.05) is 30.3 Å². The fraction of sp³-hybridized carbons (Fsp3) is 0.600. The van der Waals surface area contributed by atoms with Crippen molar-refractivity contribution in [3.05, 3.63) is 69.9 Å². The summed E-state index contributed by atoms with van der Waals surface area (Å²) in [6, 6.07) is 8.15. The molecule has 0 aromatic heterocycles. The van der Waals surface area contributed by atoms with E-state index in [0.29, 0.717) is 43.7 Å². The number of aryl methyl sites for hydroxylation is 2. The van der Waals surface area contributed by atoms with E-state index < -0.39 is 0 Å². The SMILES string of the molecule is CC(C)(C)c1cc(CCC(=O)N/C=C/CCCCNC(=O)CCc2cc(C(C)(C)C)c(O)c(C(C)(C)C)c2)cc(C(C)(C)C)c1O. The van der Waals surface area contributed by atoms with Gasteiger partial charge < -0.3 is 20.8 Å². The van der Waals surface area contributed by atoms with Gasteiger partial charge in [0.15, 0.2) is 0 Å². The van der Waals surface area contributed by atoms with Crippen LogP contribution in [0.1, 0.15) is 149 Å². The lowest BCUT2D eigenvalue weighted by atomic mass is 9.78. The molecule has 0 radical (unpaired) electrons. The van der Waals surface area contributed by atoms with Gasteiger partial charge in [-0.2, -0.15) is 0 Å². The van der Waals surface area contributed by atoms with Crippen LogP contribution in [0, 0.1) is 0 Å². The molecule has 0 saturated heterocycles. The van der Waals surface area contributed by atoms with Crippen molar-refractivity contribution in [3.8, 4) is 11.5 Å². The lowest BCUT2D eigenvalue weighted by Gasteiger charge is -2.28. The molecule has 0 aliphatic heterocycles. The predicted molar refractivity (Wildman–Crippen MR) is 192 cm³/mol. The molecule has 0 atom stereocenters. The Morgan fingerprint density at radius 1 is 0.609 bits per heavy atom. The zero-order chi connectivity index (χ0) is 35.1.